The number of nitrogens with zero attached hydrogens (tertiary/aromatic N) is 4. The van der Waals surface area contributed by atoms with Crippen molar-refractivity contribution in [2.75, 3.05) is 16.2 Å². The molecule has 4 aromatic rings. The summed E-state index contributed by atoms with van der Waals surface area (Å²) in [7, 11) is -3.78. The van der Waals surface area contributed by atoms with Crippen LogP contribution in [0.4, 0.5) is 11.5 Å². The Balaban J connectivity index is 1.33. The Bertz CT molecular complexity index is 1420. The third-order valence-electron chi connectivity index (χ3n) is 5.48. The second kappa shape index (κ2) is 8.51. The molecule has 8 nitrogen and oxygen atoms in total. The number of sulfonamides is 1. The molecule has 1 aliphatic rings. The lowest BCUT2D eigenvalue weighted by Gasteiger charge is -2.19. The van der Waals surface area contributed by atoms with E-state index < -0.39 is 15.9 Å². The fourth-order valence-electron chi connectivity index (χ4n) is 3.87. The van der Waals surface area contributed by atoms with Crippen LogP contribution in [0.1, 0.15) is 21.5 Å². The van der Waals surface area contributed by atoms with Crippen LogP contribution >= 0.6 is 0 Å². The Morgan fingerprint density at radius 2 is 1.91 bits per heavy atom. The summed E-state index contributed by atoms with van der Waals surface area (Å²) in [6.07, 6.45) is 5.88. The molecule has 0 aliphatic carbocycles. The van der Waals surface area contributed by atoms with Gasteiger partial charge in [-0.2, -0.15) is 5.10 Å². The highest BCUT2D eigenvalue weighted by atomic mass is 32.2. The van der Waals surface area contributed by atoms with Crippen LogP contribution in [0.2, 0.25) is 0 Å². The lowest BCUT2D eigenvalue weighted by atomic mass is 10.2. The molecule has 0 bridgehead atoms. The topological polar surface area (TPSA) is 97.2 Å². The van der Waals surface area contributed by atoms with Crippen LogP contribution in [0.25, 0.3) is 0 Å². The summed E-state index contributed by atoms with van der Waals surface area (Å²) in [6, 6.07) is 19.0. The highest BCUT2D eigenvalue weighted by Gasteiger charge is 2.31. The molecule has 0 spiro atoms. The molecule has 5 rings (SSSR count). The quantitative estimate of drug-likeness (QED) is 0.477. The zero-order valence-corrected chi connectivity index (χ0v) is 18.4. The molecule has 9 heteroatoms. The Morgan fingerprint density at radius 1 is 1.03 bits per heavy atom. The van der Waals surface area contributed by atoms with Gasteiger partial charge in [-0.15, -0.1) is 0 Å². The summed E-state index contributed by atoms with van der Waals surface area (Å²) >= 11 is 0. The van der Waals surface area contributed by atoms with E-state index in [1.807, 2.05) is 30.3 Å². The van der Waals surface area contributed by atoms with Gasteiger partial charge < -0.3 is 5.32 Å². The number of pyridine rings is 1. The van der Waals surface area contributed by atoms with E-state index in [9.17, 15) is 13.2 Å². The summed E-state index contributed by atoms with van der Waals surface area (Å²) in [5, 5.41) is 7.09. The Labute approximate surface area is 191 Å². The van der Waals surface area contributed by atoms with Gasteiger partial charge in [0, 0.05) is 36.8 Å². The van der Waals surface area contributed by atoms with Crippen molar-refractivity contribution in [1.29, 1.82) is 0 Å². The molecule has 33 heavy (non-hydrogen) atoms. The first-order valence-corrected chi connectivity index (χ1v) is 11.9. The van der Waals surface area contributed by atoms with Crippen molar-refractivity contribution in [2.45, 2.75) is 17.9 Å². The normalized spacial score (nSPS) is 13.0. The predicted molar refractivity (Wildman–Crippen MR) is 125 cm³/mol. The zero-order chi connectivity index (χ0) is 22.8. The van der Waals surface area contributed by atoms with Gasteiger partial charge in [-0.1, -0.05) is 30.3 Å². The monoisotopic (exact) mass is 459 g/mol. The number of rotatable bonds is 6. The number of carbonyl (C=O) groups is 1. The van der Waals surface area contributed by atoms with E-state index in [0.717, 1.165) is 11.1 Å². The van der Waals surface area contributed by atoms with Crippen molar-refractivity contribution in [2.24, 2.45) is 0 Å². The van der Waals surface area contributed by atoms with Crippen molar-refractivity contribution in [1.82, 2.24) is 14.8 Å². The Kier molecular flexibility index (Phi) is 5.39. The molecule has 0 unspecified atom stereocenters. The molecule has 0 fully saturated rings. The number of para-hydroxylation sites is 1. The first-order chi connectivity index (χ1) is 16.0. The Hall–Kier alpha value is -3.98. The smallest absolute Gasteiger partial charge is 0.264 e. The lowest BCUT2D eigenvalue weighted by molar-refractivity contribution is 0.102. The number of benzene rings is 2. The van der Waals surface area contributed by atoms with Crippen LogP contribution in [0.5, 0.6) is 0 Å². The van der Waals surface area contributed by atoms with Crippen LogP contribution in [0, 0.1) is 0 Å². The van der Waals surface area contributed by atoms with E-state index >= 15 is 0 Å². The number of amides is 1. The van der Waals surface area contributed by atoms with Gasteiger partial charge in [-0.25, -0.2) is 8.42 Å². The van der Waals surface area contributed by atoms with E-state index in [1.54, 1.807) is 47.5 Å². The summed E-state index contributed by atoms with van der Waals surface area (Å²) < 4.78 is 29.7. The maximum absolute atomic E-state index is 13.3. The zero-order valence-electron chi connectivity index (χ0n) is 17.6. The van der Waals surface area contributed by atoms with Gasteiger partial charge in [0.05, 0.1) is 17.1 Å². The van der Waals surface area contributed by atoms with Gasteiger partial charge >= 0.3 is 0 Å². The van der Waals surface area contributed by atoms with Gasteiger partial charge in [-0.3, -0.25) is 18.8 Å². The van der Waals surface area contributed by atoms with Crippen molar-refractivity contribution in [3.05, 3.63) is 102 Å². The molecular weight excluding hydrogens is 438 g/mol. The van der Waals surface area contributed by atoms with E-state index in [1.165, 1.54) is 16.4 Å². The molecule has 166 valence electrons. The Morgan fingerprint density at radius 3 is 2.76 bits per heavy atom. The van der Waals surface area contributed by atoms with Crippen LogP contribution in [-0.2, 0) is 23.0 Å². The van der Waals surface area contributed by atoms with Gasteiger partial charge in [0.15, 0.2) is 5.82 Å². The average molecular weight is 460 g/mol. The van der Waals surface area contributed by atoms with Crippen LogP contribution in [0.15, 0.2) is 90.2 Å². The fourth-order valence-corrected chi connectivity index (χ4v) is 5.42. The molecule has 1 amide bonds. The first kappa shape index (κ1) is 20.9. The molecule has 0 saturated heterocycles. The lowest BCUT2D eigenvalue weighted by Crippen LogP contribution is -2.29. The van der Waals surface area contributed by atoms with E-state index in [4.69, 9.17) is 0 Å². The number of hydrogen-bond acceptors (Lipinski definition) is 5. The van der Waals surface area contributed by atoms with Crippen molar-refractivity contribution < 1.29 is 13.2 Å². The summed E-state index contributed by atoms with van der Waals surface area (Å²) in [6.45, 7) is 0.904. The van der Waals surface area contributed by atoms with Crippen molar-refractivity contribution in [3.63, 3.8) is 0 Å². The minimum absolute atomic E-state index is 0.0777. The fraction of sp³-hybridized carbons (Fsp3) is 0.125. The maximum Gasteiger partial charge on any atom is 0.264 e. The number of aromatic nitrogens is 3. The summed E-state index contributed by atoms with van der Waals surface area (Å²) in [5.74, 6) is -0.0499. The van der Waals surface area contributed by atoms with Gasteiger partial charge in [-0.05, 0) is 47.9 Å². The van der Waals surface area contributed by atoms with E-state index in [0.29, 0.717) is 31.0 Å². The number of hydrogen-bond donors (Lipinski definition) is 1. The molecule has 0 radical (unpaired) electrons. The van der Waals surface area contributed by atoms with Crippen LogP contribution in [-0.4, -0.2) is 35.6 Å². The van der Waals surface area contributed by atoms with Gasteiger partial charge in [0.2, 0.25) is 0 Å². The SMILES string of the molecule is O=C(Nc1ccn(Cc2cccnc2)n1)c1cccc(S(=O)(=O)N2CCc3ccccc32)c1. The predicted octanol–water partition coefficient (Wildman–Crippen LogP) is 3.33. The minimum Gasteiger partial charge on any atom is -0.305 e. The largest absolute Gasteiger partial charge is 0.305 e. The number of anilines is 2. The third-order valence-corrected chi connectivity index (χ3v) is 7.29. The first-order valence-electron chi connectivity index (χ1n) is 10.5. The highest BCUT2D eigenvalue weighted by molar-refractivity contribution is 7.92. The second-order valence-corrected chi connectivity index (χ2v) is 9.56. The van der Waals surface area contributed by atoms with E-state index in [2.05, 4.69) is 15.4 Å². The molecule has 2 aromatic heterocycles. The molecule has 1 N–H and O–H groups in total. The summed E-state index contributed by atoms with van der Waals surface area (Å²) in [5.41, 5.74) is 2.91. The molecule has 3 heterocycles. The van der Waals surface area contributed by atoms with Crippen molar-refractivity contribution >= 4 is 27.4 Å². The second-order valence-electron chi connectivity index (χ2n) is 7.70. The van der Waals surface area contributed by atoms with Gasteiger partial charge in [0.1, 0.15) is 0 Å². The summed E-state index contributed by atoms with van der Waals surface area (Å²) in [4.78, 5) is 17.0. The highest BCUT2D eigenvalue weighted by Crippen LogP contribution is 2.32. The van der Waals surface area contributed by atoms with Crippen LogP contribution < -0.4 is 9.62 Å². The average Bonchev–Trinajstić information content (AvgIpc) is 3.47. The molecule has 0 atom stereocenters. The standard InChI is InChI=1S/C24H21N5O3S/c30-24(26-23-11-13-28(27-23)17-18-5-4-12-25-16-18)20-7-3-8-21(15-20)33(31,32)29-14-10-19-6-1-2-9-22(19)29/h1-9,11-13,15-16H,10,14,17H2,(H,26,27,30). The number of nitrogens with one attached hydrogen (secondary N) is 1. The molecule has 1 aliphatic heterocycles. The molecular formula is C24H21N5O3S. The number of fused-ring (bicyclic) bond motifs is 1. The molecule has 2 aromatic carbocycles. The maximum atomic E-state index is 13.3. The van der Waals surface area contributed by atoms with Gasteiger partial charge in [0.25, 0.3) is 15.9 Å². The molecule has 0 saturated carbocycles. The van der Waals surface area contributed by atoms with Crippen LogP contribution in [0.3, 0.4) is 0 Å². The third kappa shape index (κ3) is 4.22. The number of carbonyl (C=O) groups excluding carboxylic acids is 1. The van der Waals surface area contributed by atoms with E-state index in [-0.39, 0.29) is 10.5 Å². The minimum atomic E-state index is -3.78. The van der Waals surface area contributed by atoms with Crippen molar-refractivity contribution in [3.8, 4) is 0 Å².